The minimum absolute atomic E-state index is 0.0625. The second kappa shape index (κ2) is 46.8. The number of aliphatic hydroxyl groups excluding tert-OH is 1. The molecule has 0 radical (unpaired) electrons. The Morgan fingerprint density at radius 2 is 0.891 bits per heavy atom. The fraction of sp³-hybridized carbons (Fsp3) is 0.873. The molecule has 64 heavy (non-hydrogen) atoms. The highest BCUT2D eigenvalue weighted by atomic mass is 31.2. The first-order valence-electron chi connectivity index (χ1n) is 27.4. The zero-order valence-corrected chi connectivity index (χ0v) is 43.9. The van der Waals surface area contributed by atoms with Crippen molar-refractivity contribution in [3.8, 4) is 0 Å². The van der Waals surface area contributed by atoms with E-state index in [0.717, 1.165) is 44.9 Å². The molecule has 378 valence electrons. The second-order valence-corrected chi connectivity index (χ2v) is 21.4. The topological polar surface area (TPSA) is 105 Å². The van der Waals surface area contributed by atoms with Crippen molar-refractivity contribution in [3.63, 3.8) is 0 Å². The predicted octanol–water partition coefficient (Wildman–Crippen LogP) is 16.2. The van der Waals surface area contributed by atoms with Gasteiger partial charge in [-0.2, -0.15) is 0 Å². The molecule has 0 rings (SSSR count). The highest BCUT2D eigenvalue weighted by Gasteiger charge is 2.27. The molecule has 0 aliphatic carbocycles. The molecule has 8 nitrogen and oxygen atoms in total. The van der Waals surface area contributed by atoms with Crippen LogP contribution in [0.15, 0.2) is 36.5 Å². The van der Waals surface area contributed by atoms with Gasteiger partial charge in [-0.15, -0.1) is 0 Å². The Kier molecular flexibility index (Phi) is 45.9. The van der Waals surface area contributed by atoms with Crippen LogP contribution in [0.2, 0.25) is 0 Å². The van der Waals surface area contributed by atoms with Gasteiger partial charge in [0.1, 0.15) is 13.2 Å². The van der Waals surface area contributed by atoms with Gasteiger partial charge in [0, 0.05) is 6.42 Å². The number of aliphatic hydroxyl groups is 1. The lowest BCUT2D eigenvalue weighted by Gasteiger charge is -2.25. The lowest BCUT2D eigenvalue weighted by atomic mass is 10.0. The predicted molar refractivity (Wildman–Crippen MR) is 277 cm³/mol. The smallest absolute Gasteiger partial charge is 0.387 e. The molecule has 9 heteroatoms. The fourth-order valence-electron chi connectivity index (χ4n) is 8.01. The van der Waals surface area contributed by atoms with Crippen LogP contribution in [0.5, 0.6) is 0 Å². The van der Waals surface area contributed by atoms with E-state index < -0.39 is 20.0 Å². The van der Waals surface area contributed by atoms with Gasteiger partial charge in [0.25, 0.3) is 0 Å². The highest BCUT2D eigenvalue weighted by Crippen LogP contribution is 2.43. The molecule has 0 saturated carbocycles. The van der Waals surface area contributed by atoms with Crippen molar-refractivity contribution in [3.05, 3.63) is 36.5 Å². The van der Waals surface area contributed by atoms with Gasteiger partial charge in [-0.1, -0.05) is 237 Å². The van der Waals surface area contributed by atoms with Crippen LogP contribution in [0.4, 0.5) is 0 Å². The number of carbonyl (C=O) groups excluding carboxylic acids is 1. The average molecular weight is 924 g/mol. The van der Waals surface area contributed by atoms with Gasteiger partial charge < -0.3 is 19.8 Å². The van der Waals surface area contributed by atoms with E-state index >= 15 is 0 Å². The second-order valence-electron chi connectivity index (χ2n) is 20.0. The lowest BCUT2D eigenvalue weighted by molar-refractivity contribution is -0.870. The number of rotatable bonds is 50. The molecular formula is C55H108N2O6P+. The zero-order chi connectivity index (χ0) is 47.1. The first-order chi connectivity index (χ1) is 31.0. The first-order valence-corrected chi connectivity index (χ1v) is 28.9. The number of quaternary nitrogens is 1. The van der Waals surface area contributed by atoms with Crippen molar-refractivity contribution in [2.45, 2.75) is 270 Å². The van der Waals surface area contributed by atoms with E-state index in [1.54, 1.807) is 6.08 Å². The number of likely N-dealkylation sites (N-methyl/N-ethyl adjacent to an activating group) is 1. The van der Waals surface area contributed by atoms with E-state index in [1.807, 2.05) is 27.2 Å². The van der Waals surface area contributed by atoms with Crippen LogP contribution in [-0.4, -0.2) is 73.4 Å². The fourth-order valence-corrected chi connectivity index (χ4v) is 8.75. The SMILES string of the molecule is CCCCCCC/C=C\C/C=C\CCCCCCCCCCCCCCCCCCCCCCCCCC(=O)NC(COP(=O)(O)OCC[N+](C)(C)C)C(O)/C=C/CCCCCCC. The van der Waals surface area contributed by atoms with E-state index in [4.69, 9.17) is 9.05 Å². The van der Waals surface area contributed by atoms with Crippen molar-refractivity contribution >= 4 is 13.7 Å². The molecule has 0 aliphatic heterocycles. The number of allylic oxidation sites excluding steroid dienone is 5. The number of nitrogens with one attached hydrogen (secondary N) is 1. The Balaban J connectivity index is 3.81. The van der Waals surface area contributed by atoms with Crippen LogP contribution in [0.3, 0.4) is 0 Å². The van der Waals surface area contributed by atoms with Crippen LogP contribution in [0.25, 0.3) is 0 Å². The summed E-state index contributed by atoms with van der Waals surface area (Å²) in [6.45, 7) is 4.76. The zero-order valence-electron chi connectivity index (χ0n) is 43.0. The largest absolute Gasteiger partial charge is 0.472 e. The number of phosphoric ester groups is 1. The Morgan fingerprint density at radius 3 is 1.28 bits per heavy atom. The monoisotopic (exact) mass is 924 g/mol. The Bertz CT molecular complexity index is 1140. The van der Waals surface area contributed by atoms with Gasteiger partial charge >= 0.3 is 7.82 Å². The normalized spacial score (nSPS) is 14.3. The van der Waals surface area contributed by atoms with Crippen molar-refractivity contribution in [2.75, 3.05) is 40.9 Å². The minimum Gasteiger partial charge on any atom is -0.387 e. The van der Waals surface area contributed by atoms with E-state index in [-0.39, 0.29) is 19.1 Å². The number of phosphoric acid groups is 1. The Labute approximate surface area is 397 Å². The van der Waals surface area contributed by atoms with Crippen LogP contribution >= 0.6 is 7.82 Å². The van der Waals surface area contributed by atoms with Gasteiger partial charge in [-0.05, 0) is 51.4 Å². The molecule has 0 saturated heterocycles. The molecule has 0 bridgehead atoms. The van der Waals surface area contributed by atoms with Crippen molar-refractivity contribution < 1.29 is 32.9 Å². The molecule has 1 amide bonds. The average Bonchev–Trinajstić information content (AvgIpc) is 3.25. The van der Waals surface area contributed by atoms with Crippen molar-refractivity contribution in [1.82, 2.24) is 5.32 Å². The summed E-state index contributed by atoms with van der Waals surface area (Å²) in [6, 6.07) is -0.841. The van der Waals surface area contributed by atoms with Crippen molar-refractivity contribution in [2.24, 2.45) is 0 Å². The van der Waals surface area contributed by atoms with Crippen LogP contribution in [0.1, 0.15) is 258 Å². The molecule has 0 aliphatic rings. The first kappa shape index (κ1) is 62.7. The standard InChI is InChI=1S/C55H107N2O6P/c1-6-8-10-12-14-15-16-17-18-19-20-21-22-23-24-25-26-27-28-29-30-31-32-33-34-35-36-37-38-39-40-41-43-45-47-49-55(59)56-53(54(58)48-46-44-42-13-11-9-7-2)52-63-64(60,61)62-51-50-57(3,4)5/h16-17,19-20,46,48,53-54,58H,6-15,18,21-45,47,49-52H2,1-5H3,(H-,56,59,60,61)/p+1/b17-16-,20-19-,48-46+. The maximum absolute atomic E-state index is 12.9. The van der Waals surface area contributed by atoms with E-state index in [2.05, 4.69) is 43.5 Å². The number of amides is 1. The van der Waals surface area contributed by atoms with Crippen LogP contribution < -0.4 is 5.32 Å². The minimum atomic E-state index is -4.33. The molecule has 0 heterocycles. The van der Waals surface area contributed by atoms with Gasteiger partial charge in [0.2, 0.25) is 5.91 Å². The summed E-state index contributed by atoms with van der Waals surface area (Å²) in [7, 11) is 1.58. The molecule has 0 spiro atoms. The maximum Gasteiger partial charge on any atom is 0.472 e. The summed E-state index contributed by atoms with van der Waals surface area (Å²) in [5, 5.41) is 13.7. The van der Waals surface area contributed by atoms with E-state index in [1.165, 1.54) is 193 Å². The van der Waals surface area contributed by atoms with Crippen LogP contribution in [-0.2, 0) is 18.4 Å². The number of carbonyl (C=O) groups is 1. The molecule has 0 aromatic carbocycles. The number of unbranched alkanes of at least 4 members (excludes halogenated alkanes) is 33. The molecule has 3 atom stereocenters. The third-order valence-corrected chi connectivity index (χ3v) is 13.3. The quantitative estimate of drug-likeness (QED) is 0.0243. The van der Waals surface area contributed by atoms with E-state index in [0.29, 0.717) is 17.4 Å². The molecule has 0 fully saturated rings. The van der Waals surface area contributed by atoms with Gasteiger partial charge in [0.05, 0.1) is 39.9 Å². The highest BCUT2D eigenvalue weighted by molar-refractivity contribution is 7.47. The summed E-state index contributed by atoms with van der Waals surface area (Å²) in [4.78, 5) is 23.1. The third-order valence-electron chi connectivity index (χ3n) is 12.4. The molecular weight excluding hydrogens is 816 g/mol. The number of hydrogen-bond acceptors (Lipinski definition) is 5. The summed E-state index contributed by atoms with van der Waals surface area (Å²) in [6.07, 6.45) is 60.0. The summed E-state index contributed by atoms with van der Waals surface area (Å²) in [5.41, 5.74) is 0. The molecule has 3 N–H and O–H groups in total. The number of nitrogens with zero attached hydrogens (tertiary/aromatic N) is 1. The summed E-state index contributed by atoms with van der Waals surface area (Å²) >= 11 is 0. The van der Waals surface area contributed by atoms with Crippen LogP contribution in [0, 0.1) is 0 Å². The molecule has 3 unspecified atom stereocenters. The molecule has 0 aromatic heterocycles. The summed E-state index contributed by atoms with van der Waals surface area (Å²) in [5.74, 6) is -0.178. The maximum atomic E-state index is 12.9. The van der Waals surface area contributed by atoms with Gasteiger partial charge in [0.15, 0.2) is 0 Å². The Hall–Kier alpha value is -1.28. The Morgan fingerprint density at radius 1 is 0.531 bits per heavy atom. The van der Waals surface area contributed by atoms with Gasteiger partial charge in [-0.25, -0.2) is 4.57 Å². The lowest BCUT2D eigenvalue weighted by Crippen LogP contribution is -2.45. The van der Waals surface area contributed by atoms with Gasteiger partial charge in [-0.3, -0.25) is 13.8 Å². The van der Waals surface area contributed by atoms with Crippen molar-refractivity contribution in [1.29, 1.82) is 0 Å². The third kappa shape index (κ3) is 48.6. The summed E-state index contributed by atoms with van der Waals surface area (Å²) < 4.78 is 23.5. The molecule has 0 aromatic rings. The van der Waals surface area contributed by atoms with E-state index in [9.17, 15) is 19.4 Å². The number of hydrogen-bond donors (Lipinski definition) is 3.